The van der Waals surface area contributed by atoms with E-state index >= 15 is 0 Å². The third-order valence-corrected chi connectivity index (χ3v) is 7.08. The Labute approximate surface area is 202 Å². The zero-order valence-electron chi connectivity index (χ0n) is 17.8. The molecule has 2 N–H and O–H groups in total. The Hall–Kier alpha value is -3.68. The number of amides is 2. The van der Waals surface area contributed by atoms with E-state index in [1.807, 2.05) is 0 Å². The molecule has 0 fully saturated rings. The predicted octanol–water partition coefficient (Wildman–Crippen LogP) is 6.76. The van der Waals surface area contributed by atoms with Crippen molar-refractivity contribution in [3.05, 3.63) is 113 Å². The van der Waals surface area contributed by atoms with Gasteiger partial charge in [-0.2, -0.15) is 0 Å². The van der Waals surface area contributed by atoms with Crippen molar-refractivity contribution >= 4 is 38.8 Å². The zero-order chi connectivity index (χ0) is 24.1. The average Bonchev–Trinajstić information content (AvgIpc) is 2.82. The standard InChI is InChI=1S/C26H20ClFN2O3S/c27-24-6-1-2-7-25(24)30-26(31)29-22-14-8-18(9-15-22)17-34(32,33)23-5-3-4-20(16-23)19-10-12-21(28)13-11-19/h1-16H,17H2,(H2,29,30,31). The normalized spacial score (nSPS) is 11.1. The van der Waals surface area contributed by atoms with Crippen molar-refractivity contribution in [2.45, 2.75) is 10.6 Å². The number of rotatable bonds is 6. The minimum absolute atomic E-state index is 0.177. The number of urea groups is 1. The quantitative estimate of drug-likeness (QED) is 0.311. The molecule has 4 aromatic carbocycles. The second kappa shape index (κ2) is 10.1. The molecule has 0 atom stereocenters. The van der Waals surface area contributed by atoms with Gasteiger partial charge < -0.3 is 10.6 Å². The van der Waals surface area contributed by atoms with Crippen LogP contribution in [-0.2, 0) is 15.6 Å². The van der Waals surface area contributed by atoms with Gasteiger partial charge in [-0.25, -0.2) is 17.6 Å². The molecule has 0 heterocycles. The molecule has 2 amide bonds. The van der Waals surface area contributed by atoms with E-state index in [1.54, 1.807) is 78.9 Å². The molecule has 0 spiro atoms. The van der Waals surface area contributed by atoms with Crippen molar-refractivity contribution in [2.24, 2.45) is 0 Å². The van der Waals surface area contributed by atoms with Gasteiger partial charge in [0.25, 0.3) is 0 Å². The van der Waals surface area contributed by atoms with Crippen LogP contribution in [0.15, 0.2) is 102 Å². The van der Waals surface area contributed by atoms with Gasteiger partial charge in [-0.05, 0) is 65.2 Å². The van der Waals surface area contributed by atoms with Crippen LogP contribution in [0.2, 0.25) is 5.02 Å². The topological polar surface area (TPSA) is 75.3 Å². The minimum atomic E-state index is -3.62. The number of hydrogen-bond acceptors (Lipinski definition) is 3. The summed E-state index contributed by atoms with van der Waals surface area (Å²) in [4.78, 5) is 12.4. The van der Waals surface area contributed by atoms with Gasteiger partial charge in [0.2, 0.25) is 0 Å². The van der Waals surface area contributed by atoms with E-state index in [1.165, 1.54) is 18.2 Å². The third-order valence-electron chi connectivity index (χ3n) is 5.06. The van der Waals surface area contributed by atoms with E-state index < -0.39 is 15.9 Å². The molecule has 4 rings (SSSR count). The Morgan fingerprint density at radius 1 is 0.794 bits per heavy atom. The number of carbonyl (C=O) groups is 1. The van der Waals surface area contributed by atoms with Crippen LogP contribution in [0.25, 0.3) is 11.1 Å². The lowest BCUT2D eigenvalue weighted by Gasteiger charge is -2.10. The van der Waals surface area contributed by atoms with Crippen molar-refractivity contribution in [3.63, 3.8) is 0 Å². The van der Waals surface area contributed by atoms with E-state index in [-0.39, 0.29) is 16.5 Å². The van der Waals surface area contributed by atoms with Crippen molar-refractivity contribution in [1.82, 2.24) is 0 Å². The second-order valence-electron chi connectivity index (χ2n) is 7.55. The summed E-state index contributed by atoms with van der Waals surface area (Å²) in [6.07, 6.45) is 0. The number of benzene rings is 4. The molecular formula is C26H20ClFN2O3S. The third kappa shape index (κ3) is 5.81. The van der Waals surface area contributed by atoms with Crippen molar-refractivity contribution < 1.29 is 17.6 Å². The highest BCUT2D eigenvalue weighted by Crippen LogP contribution is 2.25. The minimum Gasteiger partial charge on any atom is -0.308 e. The molecule has 0 saturated carbocycles. The molecule has 4 aromatic rings. The van der Waals surface area contributed by atoms with Crippen LogP contribution in [0.3, 0.4) is 0 Å². The predicted molar refractivity (Wildman–Crippen MR) is 133 cm³/mol. The Bertz CT molecular complexity index is 1420. The van der Waals surface area contributed by atoms with E-state index in [9.17, 15) is 17.6 Å². The Morgan fingerprint density at radius 3 is 2.21 bits per heavy atom. The van der Waals surface area contributed by atoms with Crippen LogP contribution >= 0.6 is 11.6 Å². The summed E-state index contributed by atoms with van der Waals surface area (Å²) in [5, 5.41) is 5.76. The molecule has 0 bridgehead atoms. The molecule has 0 aromatic heterocycles. The molecule has 5 nitrogen and oxygen atoms in total. The Kier molecular flexibility index (Phi) is 6.95. The molecule has 0 aliphatic rings. The van der Waals surface area contributed by atoms with Crippen LogP contribution < -0.4 is 10.6 Å². The molecular weight excluding hydrogens is 475 g/mol. The van der Waals surface area contributed by atoms with Gasteiger partial charge in [-0.1, -0.05) is 60.1 Å². The van der Waals surface area contributed by atoms with Crippen molar-refractivity contribution in [3.8, 4) is 11.1 Å². The average molecular weight is 495 g/mol. The number of hydrogen-bond donors (Lipinski definition) is 2. The molecule has 0 radical (unpaired) electrons. The smallest absolute Gasteiger partial charge is 0.308 e. The summed E-state index contributed by atoms with van der Waals surface area (Å²) in [5.41, 5.74) is 2.97. The molecule has 172 valence electrons. The van der Waals surface area contributed by atoms with Crippen LogP contribution in [0.5, 0.6) is 0 Å². The van der Waals surface area contributed by atoms with E-state index in [0.29, 0.717) is 27.5 Å². The highest BCUT2D eigenvalue weighted by molar-refractivity contribution is 7.90. The van der Waals surface area contributed by atoms with Crippen molar-refractivity contribution in [2.75, 3.05) is 10.6 Å². The first-order chi connectivity index (χ1) is 16.3. The monoisotopic (exact) mass is 494 g/mol. The van der Waals surface area contributed by atoms with E-state index in [4.69, 9.17) is 11.6 Å². The lowest BCUT2D eigenvalue weighted by Crippen LogP contribution is -2.19. The number of carbonyl (C=O) groups excluding carboxylic acids is 1. The summed E-state index contributed by atoms with van der Waals surface area (Å²) >= 11 is 6.04. The fourth-order valence-electron chi connectivity index (χ4n) is 3.35. The van der Waals surface area contributed by atoms with Crippen LogP contribution in [0, 0.1) is 5.82 Å². The fourth-order valence-corrected chi connectivity index (χ4v) is 4.92. The Balaban J connectivity index is 1.43. The lowest BCUT2D eigenvalue weighted by molar-refractivity contribution is 0.262. The fraction of sp³-hybridized carbons (Fsp3) is 0.0385. The number of sulfone groups is 1. The largest absolute Gasteiger partial charge is 0.323 e. The molecule has 34 heavy (non-hydrogen) atoms. The van der Waals surface area contributed by atoms with E-state index in [0.717, 1.165) is 5.56 Å². The van der Waals surface area contributed by atoms with Gasteiger partial charge in [0.15, 0.2) is 9.84 Å². The van der Waals surface area contributed by atoms with E-state index in [2.05, 4.69) is 10.6 Å². The molecule has 0 aliphatic heterocycles. The number of para-hydroxylation sites is 1. The molecule has 0 aliphatic carbocycles. The van der Waals surface area contributed by atoms with Gasteiger partial charge in [0.05, 0.1) is 21.4 Å². The zero-order valence-corrected chi connectivity index (χ0v) is 19.4. The maximum absolute atomic E-state index is 13.2. The summed E-state index contributed by atoms with van der Waals surface area (Å²) < 4.78 is 39.2. The first-order valence-corrected chi connectivity index (χ1v) is 12.3. The second-order valence-corrected chi connectivity index (χ2v) is 9.95. The summed E-state index contributed by atoms with van der Waals surface area (Å²) in [7, 11) is -3.62. The van der Waals surface area contributed by atoms with Gasteiger partial charge in [0.1, 0.15) is 5.82 Å². The first kappa shape index (κ1) is 23.5. The van der Waals surface area contributed by atoms with Crippen LogP contribution in [0.4, 0.5) is 20.6 Å². The SMILES string of the molecule is O=C(Nc1ccc(CS(=O)(=O)c2cccc(-c3ccc(F)cc3)c2)cc1)Nc1ccccc1Cl. The molecule has 8 heteroatoms. The maximum Gasteiger partial charge on any atom is 0.323 e. The number of anilines is 2. The molecule has 0 saturated heterocycles. The Morgan fingerprint density at radius 2 is 1.50 bits per heavy atom. The van der Waals surface area contributed by atoms with Gasteiger partial charge in [-0.15, -0.1) is 0 Å². The summed E-state index contributed by atoms with van der Waals surface area (Å²) in [5.74, 6) is -0.557. The van der Waals surface area contributed by atoms with Gasteiger partial charge >= 0.3 is 6.03 Å². The highest BCUT2D eigenvalue weighted by Gasteiger charge is 2.16. The maximum atomic E-state index is 13.2. The lowest BCUT2D eigenvalue weighted by atomic mass is 10.1. The first-order valence-electron chi connectivity index (χ1n) is 10.3. The highest BCUT2D eigenvalue weighted by atomic mass is 35.5. The van der Waals surface area contributed by atoms with Crippen LogP contribution in [0.1, 0.15) is 5.56 Å². The summed E-state index contributed by atoms with van der Waals surface area (Å²) in [6.45, 7) is 0. The van der Waals surface area contributed by atoms with Crippen LogP contribution in [-0.4, -0.2) is 14.4 Å². The van der Waals surface area contributed by atoms with Gasteiger partial charge in [0, 0.05) is 5.69 Å². The van der Waals surface area contributed by atoms with Gasteiger partial charge in [-0.3, -0.25) is 0 Å². The number of halogens is 2. The summed E-state index contributed by atoms with van der Waals surface area (Å²) in [6, 6.07) is 25.4. The molecule has 0 unspecified atom stereocenters. The number of nitrogens with one attached hydrogen (secondary N) is 2. The van der Waals surface area contributed by atoms with Crippen molar-refractivity contribution in [1.29, 1.82) is 0 Å².